The molecule has 0 saturated carbocycles. The number of rotatable bonds is 5. The summed E-state index contributed by atoms with van der Waals surface area (Å²) in [6, 6.07) is 22.4. The Labute approximate surface area is 194 Å². The Morgan fingerprint density at radius 3 is 2.52 bits per heavy atom. The number of carbonyl (C=O) groups is 1. The third kappa shape index (κ3) is 4.12. The molecule has 8 heteroatoms. The van der Waals surface area contributed by atoms with Gasteiger partial charge in [-0.25, -0.2) is 4.79 Å². The number of carboxylic acid groups (broad SMARTS) is 1. The van der Waals surface area contributed by atoms with Gasteiger partial charge in [0, 0.05) is 16.4 Å². The Bertz CT molecular complexity index is 1400. The number of thioether (sulfide) groups is 1. The SMILES string of the molecule is Cc1ccc(CSc2n[n+]3c(c(=O)[nH]2)-c2ccccc2N[C@@H]3c2ccc(C(=O)O)cc2)cc1. The summed E-state index contributed by atoms with van der Waals surface area (Å²) >= 11 is 1.46. The number of aromatic nitrogens is 3. The second-order valence-corrected chi connectivity index (χ2v) is 8.81. The van der Waals surface area contributed by atoms with Gasteiger partial charge in [0.25, 0.3) is 6.17 Å². The molecule has 1 aromatic heterocycles. The molecule has 2 heterocycles. The number of anilines is 1. The number of aromatic carboxylic acids is 1. The number of benzene rings is 3. The first-order chi connectivity index (χ1) is 16.0. The first kappa shape index (κ1) is 21.0. The van der Waals surface area contributed by atoms with E-state index in [0.717, 1.165) is 22.4 Å². The molecule has 4 aromatic rings. The summed E-state index contributed by atoms with van der Waals surface area (Å²) in [6.07, 6.45) is -0.459. The summed E-state index contributed by atoms with van der Waals surface area (Å²) in [5.74, 6) is -0.314. The highest BCUT2D eigenvalue weighted by Gasteiger charge is 2.37. The van der Waals surface area contributed by atoms with Gasteiger partial charge in [0.15, 0.2) is 0 Å². The van der Waals surface area contributed by atoms with E-state index in [1.54, 1.807) is 28.9 Å². The van der Waals surface area contributed by atoms with Crippen molar-refractivity contribution in [2.75, 3.05) is 5.32 Å². The van der Waals surface area contributed by atoms with Crippen LogP contribution >= 0.6 is 11.8 Å². The van der Waals surface area contributed by atoms with Crippen LogP contribution in [-0.4, -0.2) is 21.2 Å². The van der Waals surface area contributed by atoms with Crippen LogP contribution in [0.5, 0.6) is 0 Å². The zero-order valence-electron chi connectivity index (χ0n) is 17.8. The molecule has 1 aliphatic rings. The van der Waals surface area contributed by atoms with Gasteiger partial charge in [0.2, 0.25) is 5.16 Å². The number of hydrogen-bond donors (Lipinski definition) is 3. The highest BCUT2D eigenvalue weighted by Crippen LogP contribution is 2.31. The smallest absolute Gasteiger partial charge is 0.335 e. The normalized spacial score (nSPS) is 14.2. The van der Waals surface area contributed by atoms with E-state index in [4.69, 9.17) is 5.10 Å². The zero-order valence-corrected chi connectivity index (χ0v) is 18.6. The van der Waals surface area contributed by atoms with E-state index in [2.05, 4.69) is 34.6 Å². The minimum atomic E-state index is -0.985. The summed E-state index contributed by atoms with van der Waals surface area (Å²) in [4.78, 5) is 27.4. The molecule has 0 aliphatic carbocycles. The van der Waals surface area contributed by atoms with Crippen molar-refractivity contribution in [1.82, 2.24) is 10.1 Å². The number of carboxylic acids is 1. The van der Waals surface area contributed by atoms with Crippen LogP contribution < -0.4 is 15.6 Å². The molecule has 164 valence electrons. The lowest BCUT2D eigenvalue weighted by molar-refractivity contribution is -0.759. The summed E-state index contributed by atoms with van der Waals surface area (Å²) in [5.41, 5.74) is 5.15. The Balaban J connectivity index is 1.56. The van der Waals surface area contributed by atoms with Gasteiger partial charge < -0.3 is 10.4 Å². The number of nitrogens with one attached hydrogen (secondary N) is 2. The molecule has 1 aliphatic heterocycles. The Morgan fingerprint density at radius 1 is 1.06 bits per heavy atom. The van der Waals surface area contributed by atoms with E-state index < -0.39 is 12.1 Å². The maximum atomic E-state index is 13.2. The lowest BCUT2D eigenvalue weighted by Crippen LogP contribution is -2.55. The second kappa shape index (κ2) is 8.55. The monoisotopic (exact) mass is 457 g/mol. The number of nitrogens with zero attached hydrogens (tertiary/aromatic N) is 2. The highest BCUT2D eigenvalue weighted by atomic mass is 32.2. The third-order valence-electron chi connectivity index (χ3n) is 5.55. The summed E-state index contributed by atoms with van der Waals surface area (Å²) in [5, 5.41) is 18.0. The fourth-order valence-corrected chi connectivity index (χ4v) is 4.63. The maximum Gasteiger partial charge on any atom is 0.335 e. The molecular weight excluding hydrogens is 436 g/mol. The van der Waals surface area contributed by atoms with Crippen molar-refractivity contribution in [2.24, 2.45) is 0 Å². The lowest BCUT2D eigenvalue weighted by Gasteiger charge is -2.22. The van der Waals surface area contributed by atoms with E-state index in [0.29, 0.717) is 16.6 Å². The average Bonchev–Trinajstić information content (AvgIpc) is 2.83. The molecule has 0 spiro atoms. The number of aryl methyl sites for hydroxylation is 1. The lowest BCUT2D eigenvalue weighted by atomic mass is 10.0. The van der Waals surface area contributed by atoms with Crippen LogP contribution in [0.15, 0.2) is 82.7 Å². The van der Waals surface area contributed by atoms with E-state index in [-0.39, 0.29) is 11.1 Å². The molecule has 3 aromatic carbocycles. The van der Waals surface area contributed by atoms with Crippen molar-refractivity contribution in [1.29, 1.82) is 0 Å². The highest BCUT2D eigenvalue weighted by molar-refractivity contribution is 7.98. The van der Waals surface area contributed by atoms with Gasteiger partial charge in [-0.3, -0.25) is 9.78 Å². The van der Waals surface area contributed by atoms with Crippen LogP contribution in [0.3, 0.4) is 0 Å². The van der Waals surface area contributed by atoms with Gasteiger partial charge in [-0.05, 0) is 53.6 Å². The van der Waals surface area contributed by atoms with Gasteiger partial charge in [-0.15, -0.1) is 0 Å². The third-order valence-corrected chi connectivity index (χ3v) is 6.49. The van der Waals surface area contributed by atoms with Crippen LogP contribution in [0.25, 0.3) is 11.3 Å². The quantitative estimate of drug-likeness (QED) is 0.310. The minimum Gasteiger partial charge on any atom is -0.478 e. The maximum absolute atomic E-state index is 13.2. The largest absolute Gasteiger partial charge is 0.478 e. The van der Waals surface area contributed by atoms with Crippen molar-refractivity contribution in [3.63, 3.8) is 0 Å². The topological polar surface area (TPSA) is 99.0 Å². The minimum absolute atomic E-state index is 0.202. The first-order valence-electron chi connectivity index (χ1n) is 10.4. The first-order valence-corrected chi connectivity index (χ1v) is 11.4. The predicted molar refractivity (Wildman–Crippen MR) is 126 cm³/mol. The van der Waals surface area contributed by atoms with Gasteiger partial charge >= 0.3 is 17.2 Å². The molecule has 0 radical (unpaired) electrons. The fraction of sp³-hybridized carbons (Fsp3) is 0.120. The molecule has 0 saturated heterocycles. The van der Waals surface area contributed by atoms with Crippen molar-refractivity contribution >= 4 is 23.4 Å². The molecule has 0 bridgehead atoms. The molecule has 1 atom stereocenters. The summed E-state index contributed by atoms with van der Waals surface area (Å²) < 4.78 is 1.69. The second-order valence-electron chi connectivity index (χ2n) is 7.85. The average molecular weight is 458 g/mol. The van der Waals surface area contributed by atoms with Gasteiger partial charge in [0.1, 0.15) is 0 Å². The van der Waals surface area contributed by atoms with E-state index in [1.165, 1.54) is 17.3 Å². The molecule has 3 N–H and O–H groups in total. The molecule has 7 nitrogen and oxygen atoms in total. The van der Waals surface area contributed by atoms with Crippen LogP contribution in [-0.2, 0) is 5.75 Å². The zero-order chi connectivity index (χ0) is 22.9. The number of hydrogen-bond acceptors (Lipinski definition) is 5. The molecule has 33 heavy (non-hydrogen) atoms. The van der Waals surface area contributed by atoms with Crippen LogP contribution in [0.4, 0.5) is 5.69 Å². The Hall–Kier alpha value is -3.91. The van der Waals surface area contributed by atoms with Crippen molar-refractivity contribution in [2.45, 2.75) is 24.0 Å². The number of para-hydroxylation sites is 1. The molecule has 0 amide bonds. The summed E-state index contributed by atoms with van der Waals surface area (Å²) in [6.45, 7) is 2.05. The standard InChI is InChI=1S/C25H20N4O3S/c1-15-6-8-16(9-7-15)14-33-25-27-23(30)21-19-4-2-3-5-20(19)26-22(29(21)28-25)17-10-12-18(13-11-17)24(31)32/h2-13,22H,14H2,1H3,(H2,27,28,30,31,32)/p+1/t22-/m0/s1. The van der Waals surface area contributed by atoms with Gasteiger partial charge in [0.05, 0.1) is 16.8 Å². The number of fused-ring (bicyclic) bond motifs is 3. The number of aromatic amines is 1. The Kier molecular flexibility index (Phi) is 5.43. The Morgan fingerprint density at radius 2 is 1.79 bits per heavy atom. The van der Waals surface area contributed by atoms with Crippen molar-refractivity contribution in [3.05, 3.63) is 105 Å². The summed E-state index contributed by atoms with van der Waals surface area (Å²) in [7, 11) is 0. The molecule has 0 unspecified atom stereocenters. The van der Waals surface area contributed by atoms with Crippen molar-refractivity contribution < 1.29 is 14.6 Å². The molecular formula is C25H21N4O3S+. The van der Waals surface area contributed by atoms with E-state index in [1.807, 2.05) is 31.2 Å². The molecule has 5 rings (SSSR count). The molecule has 0 fully saturated rings. The predicted octanol–water partition coefficient (Wildman–Crippen LogP) is 4.00. The number of H-pyrrole nitrogens is 1. The van der Waals surface area contributed by atoms with Gasteiger partial charge in [-0.2, -0.15) is 0 Å². The van der Waals surface area contributed by atoms with Crippen LogP contribution in [0.1, 0.15) is 33.2 Å². The van der Waals surface area contributed by atoms with Gasteiger partial charge in [-0.1, -0.05) is 53.7 Å². The van der Waals surface area contributed by atoms with Crippen LogP contribution in [0.2, 0.25) is 0 Å². The van der Waals surface area contributed by atoms with E-state index in [9.17, 15) is 14.7 Å². The fourth-order valence-electron chi connectivity index (χ4n) is 3.82. The van der Waals surface area contributed by atoms with Crippen molar-refractivity contribution in [3.8, 4) is 11.3 Å². The van der Waals surface area contributed by atoms with Crippen LogP contribution in [0, 0.1) is 6.92 Å². The van der Waals surface area contributed by atoms with E-state index >= 15 is 0 Å².